The van der Waals surface area contributed by atoms with Crippen LogP contribution in [0, 0.1) is 11.2 Å². The molecule has 4 heterocycles. The van der Waals surface area contributed by atoms with Gasteiger partial charge in [0.25, 0.3) is 5.91 Å². The summed E-state index contributed by atoms with van der Waals surface area (Å²) in [6, 6.07) is 5.76. The Kier molecular flexibility index (Phi) is 5.21. The number of amides is 1. The van der Waals surface area contributed by atoms with Crippen LogP contribution in [0.1, 0.15) is 66.6 Å². The molecule has 178 valence electrons. The number of fused-ring (bicyclic) bond motifs is 5. The van der Waals surface area contributed by atoms with Crippen LogP contribution in [0.3, 0.4) is 0 Å². The zero-order valence-corrected chi connectivity index (χ0v) is 21.0. The molecular formula is C26H30N4O3S. The molecule has 2 aromatic heterocycles. The van der Waals surface area contributed by atoms with Gasteiger partial charge >= 0.3 is 0 Å². The van der Waals surface area contributed by atoms with E-state index in [1.165, 1.54) is 6.39 Å². The van der Waals surface area contributed by atoms with E-state index in [1.54, 1.807) is 6.33 Å². The number of oxazole rings is 1. The van der Waals surface area contributed by atoms with Gasteiger partial charge in [0.05, 0.1) is 22.5 Å². The topological polar surface area (TPSA) is 81.2 Å². The van der Waals surface area contributed by atoms with Crippen LogP contribution in [-0.2, 0) is 5.54 Å². The number of ketones is 1. The largest absolute Gasteiger partial charge is 0.441 e. The number of rotatable bonds is 4. The maximum atomic E-state index is 13.6. The number of hydrogen-bond acceptors (Lipinski definition) is 5. The van der Waals surface area contributed by atoms with Crippen molar-refractivity contribution in [1.82, 2.24) is 19.4 Å². The van der Waals surface area contributed by atoms with Crippen molar-refractivity contribution in [3.05, 3.63) is 53.4 Å². The number of benzene rings is 1. The van der Waals surface area contributed by atoms with E-state index < -0.39 is 15.6 Å². The third-order valence-corrected chi connectivity index (χ3v) is 7.17. The second kappa shape index (κ2) is 7.88. The Balaban J connectivity index is 0.00000289. The molecule has 1 amide bonds. The van der Waals surface area contributed by atoms with Crippen LogP contribution in [0.25, 0.3) is 17.1 Å². The lowest BCUT2D eigenvalue weighted by Crippen LogP contribution is -2.57. The van der Waals surface area contributed by atoms with Crippen LogP contribution >= 0.6 is 10.0 Å². The fourth-order valence-electron chi connectivity index (χ4n) is 4.65. The molecule has 1 aromatic carbocycles. The molecule has 0 saturated carbocycles. The second-order valence-electron chi connectivity index (χ2n) is 9.79. The van der Waals surface area contributed by atoms with Crippen LogP contribution in [0.15, 0.2) is 35.3 Å². The lowest BCUT2D eigenvalue weighted by molar-refractivity contribution is 0.00333. The molecule has 5 rings (SSSR count). The van der Waals surface area contributed by atoms with Crippen molar-refractivity contribution in [3.8, 4) is 28.3 Å². The number of nitrogens with zero attached hydrogens (tertiary/aromatic N) is 4. The Hall–Kier alpha value is -3.31. The van der Waals surface area contributed by atoms with Gasteiger partial charge in [0.1, 0.15) is 12.0 Å². The van der Waals surface area contributed by atoms with Gasteiger partial charge < -0.3 is 9.32 Å². The summed E-state index contributed by atoms with van der Waals surface area (Å²) in [7, 11) is -0.984. The van der Waals surface area contributed by atoms with Crippen molar-refractivity contribution >= 4 is 21.7 Å². The fraction of sp³-hybridized carbons (Fsp3) is 0.385. The first-order chi connectivity index (χ1) is 16.1. The minimum absolute atomic E-state index is 0. The van der Waals surface area contributed by atoms with Crippen LogP contribution in [-0.4, -0.2) is 56.4 Å². The van der Waals surface area contributed by atoms with Crippen LogP contribution < -0.4 is 0 Å². The Morgan fingerprint density at radius 2 is 2.09 bits per heavy atom. The number of carbonyl (C=O) groups excluding carboxylic acids is 2. The molecule has 1 saturated heterocycles. The highest BCUT2D eigenvalue weighted by atomic mass is 32.3. The summed E-state index contributed by atoms with van der Waals surface area (Å²) in [5, 5.41) is 3.32. The third kappa shape index (κ3) is 3.46. The number of carbonyl (C=O) groups is 2. The average molecular weight is 479 g/mol. The maximum absolute atomic E-state index is 13.6. The van der Waals surface area contributed by atoms with E-state index in [2.05, 4.69) is 39.9 Å². The second-order valence-corrected chi connectivity index (χ2v) is 13.7. The van der Waals surface area contributed by atoms with Gasteiger partial charge in [-0.25, -0.2) is 9.97 Å². The van der Waals surface area contributed by atoms with Crippen molar-refractivity contribution in [2.24, 2.45) is 0 Å². The smallest absolute Gasteiger partial charge is 0.256 e. The maximum Gasteiger partial charge on any atom is 0.256 e. The van der Waals surface area contributed by atoms with E-state index in [0.717, 1.165) is 29.8 Å². The normalized spacial score (nSPS) is 19.2. The van der Waals surface area contributed by atoms with E-state index >= 15 is 0 Å². The van der Waals surface area contributed by atoms with Crippen LogP contribution in [0.2, 0.25) is 0 Å². The Morgan fingerprint density at radius 1 is 1.29 bits per heavy atom. The van der Waals surface area contributed by atoms with Crippen LogP contribution in [0.5, 0.6) is 0 Å². The number of hydrogen-bond donors (Lipinski definition) is 0. The van der Waals surface area contributed by atoms with Gasteiger partial charge in [-0.1, -0.05) is 12.8 Å². The van der Waals surface area contributed by atoms with Gasteiger partial charge in [0, 0.05) is 20.0 Å². The van der Waals surface area contributed by atoms with E-state index in [9.17, 15) is 9.59 Å². The zero-order chi connectivity index (χ0) is 24.3. The standard InChI is InChI=1S/C26H28N4O3S.H2/c1-6-7-20(31)21-23(33-16-28-21)22-24-26(2)11-12-30(26)25(32)18-14-17(10-13-34(3,4)5)8-9-19(18)29(24)15-27-22;/h8-9,14-16H,6-7,11-12H2,1-5H3;1H/t26-;/m0./s1. The number of imidazole rings is 1. The summed E-state index contributed by atoms with van der Waals surface area (Å²) in [6.07, 6.45) is 11.3. The predicted molar refractivity (Wildman–Crippen MR) is 136 cm³/mol. The van der Waals surface area contributed by atoms with E-state index in [-0.39, 0.29) is 13.1 Å². The summed E-state index contributed by atoms with van der Waals surface area (Å²) in [4.78, 5) is 37.1. The first kappa shape index (κ1) is 22.5. The van der Waals surface area contributed by atoms with Crippen molar-refractivity contribution < 1.29 is 15.4 Å². The van der Waals surface area contributed by atoms with Crippen molar-refractivity contribution in [1.29, 1.82) is 0 Å². The molecule has 0 unspecified atom stereocenters. The van der Waals surface area contributed by atoms with Gasteiger partial charge in [0.15, 0.2) is 23.6 Å². The molecule has 0 bridgehead atoms. The molecule has 0 aliphatic carbocycles. The molecule has 7 nitrogen and oxygen atoms in total. The summed E-state index contributed by atoms with van der Waals surface area (Å²) in [5.74, 6) is 3.52. The van der Waals surface area contributed by atoms with Crippen molar-refractivity contribution in [3.63, 3.8) is 0 Å². The Morgan fingerprint density at radius 3 is 2.76 bits per heavy atom. The fourth-order valence-corrected chi connectivity index (χ4v) is 5.08. The molecular weight excluding hydrogens is 448 g/mol. The Bertz CT molecular complexity index is 1390. The summed E-state index contributed by atoms with van der Waals surface area (Å²) in [5.41, 5.74) is 3.30. The van der Waals surface area contributed by atoms with E-state index in [1.807, 2.05) is 41.5 Å². The quantitative estimate of drug-likeness (QED) is 0.396. The van der Waals surface area contributed by atoms with Gasteiger partial charge in [-0.3, -0.25) is 14.2 Å². The minimum Gasteiger partial charge on any atom is -0.441 e. The van der Waals surface area contributed by atoms with Gasteiger partial charge in [0.2, 0.25) is 0 Å². The number of aromatic nitrogens is 3. The highest BCUT2D eigenvalue weighted by Gasteiger charge is 2.51. The molecule has 1 fully saturated rings. The van der Waals surface area contributed by atoms with E-state index in [0.29, 0.717) is 35.7 Å². The minimum atomic E-state index is -0.984. The van der Waals surface area contributed by atoms with Gasteiger partial charge in [-0.15, -0.1) is 0 Å². The monoisotopic (exact) mass is 478 g/mol. The molecule has 2 aliphatic heterocycles. The highest BCUT2D eigenvalue weighted by Crippen LogP contribution is 2.48. The summed E-state index contributed by atoms with van der Waals surface area (Å²) < 4.78 is 7.67. The Labute approximate surface area is 202 Å². The van der Waals surface area contributed by atoms with Gasteiger partial charge in [-0.2, -0.15) is 10.0 Å². The summed E-state index contributed by atoms with van der Waals surface area (Å²) >= 11 is 0. The molecule has 2 aliphatic rings. The molecule has 8 heteroatoms. The summed E-state index contributed by atoms with van der Waals surface area (Å²) in [6.45, 7) is 4.65. The number of Topliss-reactive ketones (excluding diaryl/α,β-unsaturated/α-hetero) is 1. The molecule has 0 spiro atoms. The average Bonchev–Trinajstić information content (AvgIpc) is 3.42. The third-order valence-electron chi connectivity index (χ3n) is 6.45. The molecule has 3 aromatic rings. The molecule has 0 N–H and O–H groups in total. The molecule has 0 radical (unpaired) electrons. The van der Waals surface area contributed by atoms with Gasteiger partial charge in [-0.05, 0) is 62.0 Å². The highest BCUT2D eigenvalue weighted by molar-refractivity contribution is 8.35. The zero-order valence-electron chi connectivity index (χ0n) is 20.1. The van der Waals surface area contributed by atoms with E-state index in [4.69, 9.17) is 4.42 Å². The first-order valence-corrected chi connectivity index (χ1v) is 14.2. The van der Waals surface area contributed by atoms with Crippen molar-refractivity contribution in [2.45, 2.75) is 38.6 Å². The molecule has 34 heavy (non-hydrogen) atoms. The lowest BCUT2D eigenvalue weighted by Gasteiger charge is -2.49. The SMILES string of the molecule is CCCC(=O)c1ncoc1-c1ncn2c1[C@]1(C)CCN1C(=O)c1cc(C#CS(C)(C)C)ccc1-2.[HH]. The first-order valence-electron chi connectivity index (χ1n) is 11.4. The molecule has 1 atom stereocenters. The lowest BCUT2D eigenvalue weighted by atomic mass is 9.81. The van der Waals surface area contributed by atoms with Crippen LogP contribution in [0.4, 0.5) is 0 Å². The van der Waals surface area contributed by atoms with Crippen molar-refractivity contribution in [2.75, 3.05) is 25.3 Å². The predicted octanol–water partition coefficient (Wildman–Crippen LogP) is 4.83.